The van der Waals surface area contributed by atoms with Gasteiger partial charge in [-0.15, -0.1) is 11.3 Å². The molecule has 5 heteroatoms. The first-order chi connectivity index (χ1) is 11.8. The standard InChI is InChI=1S/C19H18N2O2S/c1-23-13-12-21(18(22)16-10-6-3-7-11-16)19-20-17(14-24-19)15-8-4-2-5-9-15/h2-11,14H,12-13H2,1H3. The second-order valence-corrected chi connectivity index (χ2v) is 6.03. The molecule has 1 heterocycles. The zero-order chi connectivity index (χ0) is 16.8. The van der Waals surface area contributed by atoms with Gasteiger partial charge in [0.25, 0.3) is 5.91 Å². The fourth-order valence-electron chi connectivity index (χ4n) is 2.33. The van der Waals surface area contributed by atoms with Gasteiger partial charge in [-0.25, -0.2) is 4.98 Å². The van der Waals surface area contributed by atoms with E-state index in [0.29, 0.717) is 23.8 Å². The summed E-state index contributed by atoms with van der Waals surface area (Å²) in [4.78, 5) is 19.2. The number of methoxy groups -OCH3 is 1. The number of benzene rings is 2. The molecule has 3 aromatic rings. The number of hydrogen-bond donors (Lipinski definition) is 0. The molecule has 1 amide bonds. The van der Waals surface area contributed by atoms with E-state index in [4.69, 9.17) is 4.74 Å². The summed E-state index contributed by atoms with van der Waals surface area (Å²) >= 11 is 1.46. The van der Waals surface area contributed by atoms with Crippen molar-refractivity contribution in [1.29, 1.82) is 0 Å². The molecule has 0 spiro atoms. The number of anilines is 1. The molecule has 0 fully saturated rings. The van der Waals surface area contributed by atoms with E-state index in [1.54, 1.807) is 12.0 Å². The lowest BCUT2D eigenvalue weighted by Crippen LogP contribution is -2.33. The van der Waals surface area contributed by atoms with Crippen molar-refractivity contribution < 1.29 is 9.53 Å². The fraction of sp³-hybridized carbons (Fsp3) is 0.158. The highest BCUT2D eigenvalue weighted by Gasteiger charge is 2.20. The molecule has 0 bridgehead atoms. The fourth-order valence-corrected chi connectivity index (χ4v) is 3.19. The summed E-state index contributed by atoms with van der Waals surface area (Å²) in [5.74, 6) is -0.0680. The van der Waals surface area contributed by atoms with Gasteiger partial charge in [0.2, 0.25) is 0 Å². The number of hydrogen-bond acceptors (Lipinski definition) is 4. The number of carbonyl (C=O) groups excluding carboxylic acids is 1. The van der Waals surface area contributed by atoms with E-state index in [9.17, 15) is 4.79 Å². The van der Waals surface area contributed by atoms with Crippen LogP contribution in [0.5, 0.6) is 0 Å². The zero-order valence-corrected chi connectivity index (χ0v) is 14.2. The third kappa shape index (κ3) is 3.69. The highest BCUT2D eigenvalue weighted by molar-refractivity contribution is 7.14. The van der Waals surface area contributed by atoms with Crippen LogP contribution in [0, 0.1) is 0 Å². The minimum atomic E-state index is -0.0680. The van der Waals surface area contributed by atoms with Crippen molar-refractivity contribution >= 4 is 22.4 Å². The third-order valence-electron chi connectivity index (χ3n) is 3.58. The minimum Gasteiger partial charge on any atom is -0.383 e. The molecule has 3 rings (SSSR count). The largest absolute Gasteiger partial charge is 0.383 e. The van der Waals surface area contributed by atoms with Crippen molar-refractivity contribution in [1.82, 2.24) is 4.98 Å². The first-order valence-corrected chi connectivity index (χ1v) is 8.54. The Kier molecular flexibility index (Phi) is 5.36. The Morgan fingerprint density at radius 3 is 2.42 bits per heavy atom. The number of amides is 1. The second-order valence-electron chi connectivity index (χ2n) is 5.20. The number of rotatable bonds is 6. The minimum absolute atomic E-state index is 0.0680. The van der Waals surface area contributed by atoms with E-state index < -0.39 is 0 Å². The van der Waals surface area contributed by atoms with Gasteiger partial charge in [-0.3, -0.25) is 9.69 Å². The van der Waals surface area contributed by atoms with E-state index in [1.807, 2.05) is 66.0 Å². The third-order valence-corrected chi connectivity index (χ3v) is 4.44. The Bertz CT molecular complexity index is 787. The Hall–Kier alpha value is -2.50. The smallest absolute Gasteiger partial charge is 0.260 e. The van der Waals surface area contributed by atoms with Gasteiger partial charge in [0.1, 0.15) is 0 Å². The lowest BCUT2D eigenvalue weighted by molar-refractivity contribution is 0.0976. The maximum absolute atomic E-state index is 12.8. The Balaban J connectivity index is 1.89. The van der Waals surface area contributed by atoms with Crippen LogP contribution in [0.4, 0.5) is 5.13 Å². The summed E-state index contributed by atoms with van der Waals surface area (Å²) < 4.78 is 5.15. The Labute approximate surface area is 145 Å². The van der Waals surface area contributed by atoms with Crippen LogP contribution in [0.15, 0.2) is 66.0 Å². The van der Waals surface area contributed by atoms with E-state index >= 15 is 0 Å². The summed E-state index contributed by atoms with van der Waals surface area (Å²) in [6.07, 6.45) is 0. The molecule has 0 unspecified atom stereocenters. The van der Waals surface area contributed by atoms with Gasteiger partial charge >= 0.3 is 0 Å². The molecule has 0 atom stereocenters. The molecule has 0 aliphatic heterocycles. The predicted molar refractivity (Wildman–Crippen MR) is 97.5 cm³/mol. The van der Waals surface area contributed by atoms with E-state index in [2.05, 4.69) is 4.98 Å². The monoisotopic (exact) mass is 338 g/mol. The van der Waals surface area contributed by atoms with Crippen molar-refractivity contribution in [2.24, 2.45) is 0 Å². The van der Waals surface area contributed by atoms with Crippen molar-refractivity contribution in [3.8, 4) is 11.3 Å². The highest BCUT2D eigenvalue weighted by Crippen LogP contribution is 2.28. The molecular weight excluding hydrogens is 320 g/mol. The van der Waals surface area contributed by atoms with Crippen molar-refractivity contribution in [2.75, 3.05) is 25.2 Å². The van der Waals surface area contributed by atoms with Crippen LogP contribution in [0.25, 0.3) is 11.3 Å². The summed E-state index contributed by atoms with van der Waals surface area (Å²) in [7, 11) is 1.63. The average molecular weight is 338 g/mol. The topological polar surface area (TPSA) is 42.4 Å². The lowest BCUT2D eigenvalue weighted by Gasteiger charge is -2.19. The number of nitrogens with zero attached hydrogens (tertiary/aromatic N) is 2. The maximum atomic E-state index is 12.8. The van der Waals surface area contributed by atoms with Gasteiger partial charge in [-0.05, 0) is 12.1 Å². The van der Waals surface area contributed by atoms with Crippen LogP contribution < -0.4 is 4.90 Å². The summed E-state index contributed by atoms with van der Waals surface area (Å²) in [5.41, 5.74) is 2.56. The first-order valence-electron chi connectivity index (χ1n) is 7.66. The van der Waals surface area contributed by atoms with Crippen molar-refractivity contribution in [3.05, 3.63) is 71.6 Å². The molecule has 1 aromatic heterocycles. The highest BCUT2D eigenvalue weighted by atomic mass is 32.1. The molecule has 122 valence electrons. The Morgan fingerprint density at radius 1 is 1.08 bits per heavy atom. The van der Waals surface area contributed by atoms with Crippen molar-refractivity contribution in [2.45, 2.75) is 0 Å². The molecule has 0 saturated carbocycles. The Morgan fingerprint density at radius 2 is 1.75 bits per heavy atom. The molecule has 4 nitrogen and oxygen atoms in total. The number of ether oxygens (including phenoxy) is 1. The molecule has 24 heavy (non-hydrogen) atoms. The quantitative estimate of drug-likeness (QED) is 0.679. The van der Waals surface area contributed by atoms with Crippen LogP contribution in [-0.4, -0.2) is 31.2 Å². The molecule has 2 aromatic carbocycles. The van der Waals surface area contributed by atoms with Gasteiger partial charge in [0, 0.05) is 23.6 Å². The predicted octanol–water partition coefficient (Wildman–Crippen LogP) is 4.10. The van der Waals surface area contributed by atoms with Crippen LogP contribution in [0.3, 0.4) is 0 Å². The SMILES string of the molecule is COCCN(C(=O)c1ccccc1)c1nc(-c2ccccc2)cs1. The van der Waals surface area contributed by atoms with Crippen LogP contribution in [-0.2, 0) is 4.74 Å². The van der Waals surface area contributed by atoms with E-state index in [-0.39, 0.29) is 5.91 Å². The molecule has 0 saturated heterocycles. The van der Waals surface area contributed by atoms with Crippen LogP contribution in [0.2, 0.25) is 0 Å². The molecule has 0 aliphatic carbocycles. The summed E-state index contributed by atoms with van der Waals surface area (Å²) in [6, 6.07) is 19.2. The molecule has 0 aliphatic rings. The van der Waals surface area contributed by atoms with Crippen LogP contribution >= 0.6 is 11.3 Å². The van der Waals surface area contributed by atoms with Crippen molar-refractivity contribution in [3.63, 3.8) is 0 Å². The van der Waals surface area contributed by atoms with E-state index in [0.717, 1.165) is 11.3 Å². The number of carbonyl (C=O) groups is 1. The van der Waals surface area contributed by atoms with E-state index in [1.165, 1.54) is 11.3 Å². The van der Waals surface area contributed by atoms with Crippen LogP contribution in [0.1, 0.15) is 10.4 Å². The number of aromatic nitrogens is 1. The van der Waals surface area contributed by atoms with Gasteiger partial charge in [0.05, 0.1) is 18.8 Å². The average Bonchev–Trinajstić information content (AvgIpc) is 3.13. The zero-order valence-electron chi connectivity index (χ0n) is 13.4. The van der Waals surface area contributed by atoms with Gasteiger partial charge in [-0.2, -0.15) is 0 Å². The maximum Gasteiger partial charge on any atom is 0.260 e. The molecule has 0 radical (unpaired) electrons. The normalized spacial score (nSPS) is 10.5. The molecular formula is C19H18N2O2S. The summed E-state index contributed by atoms with van der Waals surface area (Å²) in [6.45, 7) is 0.921. The summed E-state index contributed by atoms with van der Waals surface area (Å²) in [5, 5.41) is 2.66. The lowest BCUT2D eigenvalue weighted by atomic mass is 10.2. The van der Waals surface area contributed by atoms with Gasteiger partial charge in [-0.1, -0.05) is 48.5 Å². The molecule has 0 N–H and O–H groups in total. The first kappa shape index (κ1) is 16.4. The van der Waals surface area contributed by atoms with Gasteiger partial charge in [0.15, 0.2) is 5.13 Å². The van der Waals surface area contributed by atoms with Gasteiger partial charge < -0.3 is 4.74 Å². The second kappa shape index (κ2) is 7.86. The number of thiazole rings is 1.